The van der Waals surface area contributed by atoms with Crippen molar-refractivity contribution in [2.24, 2.45) is 11.3 Å². The molecule has 2 aliphatic rings. The van der Waals surface area contributed by atoms with Crippen molar-refractivity contribution in [3.63, 3.8) is 0 Å². The maximum atomic E-state index is 13.3. The van der Waals surface area contributed by atoms with Crippen molar-refractivity contribution in [2.45, 2.75) is 57.7 Å². The van der Waals surface area contributed by atoms with Gasteiger partial charge in [-0.3, -0.25) is 9.69 Å². The average molecular weight is 368 g/mol. The third kappa shape index (κ3) is 2.96. The van der Waals surface area contributed by atoms with Gasteiger partial charge in [0.05, 0.1) is 19.3 Å². The van der Waals surface area contributed by atoms with Gasteiger partial charge in [0.25, 0.3) is 0 Å². The van der Waals surface area contributed by atoms with Crippen LogP contribution in [0, 0.1) is 11.3 Å². The molecular weight excluding hydrogens is 340 g/mol. The number of rotatable bonds is 5. The Balaban J connectivity index is 2.41. The Kier molecular flexibility index (Phi) is 5.11. The number of aliphatic hydroxyl groups is 1. The van der Waals surface area contributed by atoms with Crippen molar-refractivity contribution in [3.05, 3.63) is 12.7 Å². The minimum atomic E-state index is -1.49. The molecule has 8 heteroatoms. The predicted octanol–water partition coefficient (Wildman–Crippen LogP) is 1.14. The molecule has 0 radical (unpaired) electrons. The Morgan fingerprint density at radius 1 is 1.35 bits per heavy atom. The van der Waals surface area contributed by atoms with Crippen LogP contribution in [0.3, 0.4) is 0 Å². The smallest absolute Gasteiger partial charge is 0.408 e. The topological polar surface area (TPSA) is 116 Å². The van der Waals surface area contributed by atoms with Gasteiger partial charge >= 0.3 is 12.1 Å². The number of carboxylic acid groups (broad SMARTS) is 1. The van der Waals surface area contributed by atoms with Crippen molar-refractivity contribution in [2.75, 3.05) is 13.2 Å². The van der Waals surface area contributed by atoms with Crippen LogP contribution in [0.1, 0.15) is 40.5 Å². The van der Waals surface area contributed by atoms with Crippen LogP contribution in [-0.2, 0) is 14.3 Å². The van der Waals surface area contributed by atoms with Crippen molar-refractivity contribution < 1.29 is 29.3 Å². The molecule has 2 amide bonds. The summed E-state index contributed by atoms with van der Waals surface area (Å²) in [5, 5.41) is 22.5. The van der Waals surface area contributed by atoms with E-state index in [0.29, 0.717) is 6.42 Å². The lowest BCUT2D eigenvalue weighted by molar-refractivity contribution is -0.152. The summed E-state index contributed by atoms with van der Waals surface area (Å²) in [5.74, 6) is -1.42. The summed E-state index contributed by atoms with van der Waals surface area (Å²) >= 11 is 0. The van der Waals surface area contributed by atoms with E-state index in [1.54, 1.807) is 33.8 Å². The lowest BCUT2D eigenvalue weighted by atomic mass is 9.70. The number of hydrogen-bond acceptors (Lipinski definition) is 5. The van der Waals surface area contributed by atoms with Gasteiger partial charge in [-0.15, -0.1) is 6.58 Å². The van der Waals surface area contributed by atoms with Crippen LogP contribution in [0.15, 0.2) is 12.7 Å². The van der Waals surface area contributed by atoms with Gasteiger partial charge in [-0.25, -0.2) is 9.59 Å². The van der Waals surface area contributed by atoms with Gasteiger partial charge in [0.15, 0.2) is 0 Å². The van der Waals surface area contributed by atoms with Gasteiger partial charge in [-0.2, -0.15) is 0 Å². The van der Waals surface area contributed by atoms with Crippen molar-refractivity contribution in [1.82, 2.24) is 10.2 Å². The number of carbonyl (C=O) groups is 3. The third-order valence-corrected chi connectivity index (χ3v) is 5.51. The van der Waals surface area contributed by atoms with Gasteiger partial charge < -0.3 is 20.3 Å². The highest BCUT2D eigenvalue weighted by atomic mass is 16.5. The molecule has 0 aromatic heterocycles. The Hall–Kier alpha value is -2.09. The van der Waals surface area contributed by atoms with Gasteiger partial charge in [0, 0.05) is 12.3 Å². The summed E-state index contributed by atoms with van der Waals surface area (Å²) < 4.78 is 5.10. The largest absolute Gasteiger partial charge is 0.465 e. The van der Waals surface area contributed by atoms with Gasteiger partial charge in [0.1, 0.15) is 11.1 Å². The first-order valence-electron chi connectivity index (χ1n) is 8.77. The monoisotopic (exact) mass is 368 g/mol. The second-order valence-corrected chi connectivity index (χ2v) is 8.05. The molecule has 4 atom stereocenters. The number of β-amino-alcohol motifs (C(OH)–C–C–N with tert-alkyl or cyclic N) is 1. The SMILES string of the molecule is C=C[C@@H]1C[C@]1(NC(=O)[C@@]1(C(C)(C)C)C[C@H](O)CN1C(=O)O)C(=O)OCC. The third-order valence-electron chi connectivity index (χ3n) is 5.51. The van der Waals surface area contributed by atoms with E-state index in [9.17, 15) is 24.6 Å². The number of hydrogen-bond donors (Lipinski definition) is 3. The molecule has 0 spiro atoms. The molecule has 3 N–H and O–H groups in total. The number of amides is 2. The standard InChI is InChI=1S/C18H28N2O6/c1-6-11-8-17(11,14(23)26-7-2)19-13(22)18(16(3,4)5)9-12(21)10-20(18)15(24)25/h6,11-12,21H,1,7-10H2,2-5H3,(H,19,22)(H,24,25)/t11-,12+,17-,18-/m1/s1. The summed E-state index contributed by atoms with van der Waals surface area (Å²) in [6.45, 7) is 10.6. The van der Waals surface area contributed by atoms with Crippen LogP contribution in [-0.4, -0.2) is 63.4 Å². The zero-order valence-electron chi connectivity index (χ0n) is 15.7. The molecule has 0 aromatic carbocycles. The first-order chi connectivity index (χ1) is 12.0. The number of nitrogens with one attached hydrogen (secondary N) is 1. The Bertz CT molecular complexity index is 628. The summed E-state index contributed by atoms with van der Waals surface area (Å²) in [6.07, 6.45) is -0.334. The number of aliphatic hydroxyl groups excluding tert-OH is 1. The normalized spacial score (nSPS) is 33.5. The molecule has 0 unspecified atom stereocenters. The second-order valence-electron chi connectivity index (χ2n) is 8.05. The molecule has 2 rings (SSSR count). The molecule has 1 heterocycles. The van der Waals surface area contributed by atoms with Crippen LogP contribution in [0.25, 0.3) is 0 Å². The highest BCUT2D eigenvalue weighted by Gasteiger charge is 2.66. The lowest BCUT2D eigenvalue weighted by Gasteiger charge is -2.45. The molecule has 1 saturated heterocycles. The maximum absolute atomic E-state index is 13.3. The van der Waals surface area contributed by atoms with Crippen molar-refractivity contribution in [1.29, 1.82) is 0 Å². The predicted molar refractivity (Wildman–Crippen MR) is 93.4 cm³/mol. The molecule has 146 valence electrons. The van der Waals surface area contributed by atoms with Gasteiger partial charge in [0.2, 0.25) is 5.91 Å². The molecule has 1 aliphatic carbocycles. The molecule has 26 heavy (non-hydrogen) atoms. The zero-order valence-corrected chi connectivity index (χ0v) is 15.7. The Morgan fingerprint density at radius 3 is 2.38 bits per heavy atom. The number of likely N-dealkylation sites (tertiary alicyclic amines) is 1. The van der Waals surface area contributed by atoms with Crippen molar-refractivity contribution in [3.8, 4) is 0 Å². The van der Waals surface area contributed by atoms with E-state index in [1.807, 2.05) is 0 Å². The lowest BCUT2D eigenvalue weighted by Crippen LogP contribution is -2.66. The Labute approximate surface area is 153 Å². The van der Waals surface area contributed by atoms with E-state index in [0.717, 1.165) is 4.90 Å². The molecule has 8 nitrogen and oxygen atoms in total. The highest BCUT2D eigenvalue weighted by Crippen LogP contribution is 2.49. The van der Waals surface area contributed by atoms with Crippen LogP contribution < -0.4 is 5.32 Å². The van der Waals surface area contributed by atoms with E-state index < -0.39 is 40.6 Å². The van der Waals surface area contributed by atoms with Crippen molar-refractivity contribution >= 4 is 18.0 Å². The fourth-order valence-electron chi connectivity index (χ4n) is 3.96. The van der Waals surface area contributed by atoms with Gasteiger partial charge in [-0.05, 0) is 18.8 Å². The molecule has 1 aliphatic heterocycles. The van der Waals surface area contributed by atoms with E-state index in [4.69, 9.17) is 4.74 Å². The molecular formula is C18H28N2O6. The fraction of sp³-hybridized carbons (Fsp3) is 0.722. The minimum absolute atomic E-state index is 0.0354. The molecule has 0 aromatic rings. The van der Waals surface area contributed by atoms with E-state index >= 15 is 0 Å². The zero-order chi connectivity index (χ0) is 19.9. The Morgan fingerprint density at radius 2 is 1.96 bits per heavy atom. The number of esters is 1. The van der Waals surface area contributed by atoms with Gasteiger partial charge in [-0.1, -0.05) is 26.8 Å². The fourth-order valence-corrected chi connectivity index (χ4v) is 3.96. The first kappa shape index (κ1) is 20.2. The summed E-state index contributed by atoms with van der Waals surface area (Å²) in [4.78, 5) is 38.5. The summed E-state index contributed by atoms with van der Waals surface area (Å²) in [6, 6.07) is 0. The van der Waals surface area contributed by atoms with E-state index in [2.05, 4.69) is 11.9 Å². The first-order valence-corrected chi connectivity index (χ1v) is 8.77. The number of carbonyl (C=O) groups excluding carboxylic acids is 2. The van der Waals surface area contributed by atoms with E-state index in [1.165, 1.54) is 0 Å². The summed E-state index contributed by atoms with van der Waals surface area (Å²) in [5.41, 5.74) is -3.52. The quantitative estimate of drug-likeness (QED) is 0.495. The van der Waals surface area contributed by atoms with Crippen LogP contribution >= 0.6 is 0 Å². The second kappa shape index (κ2) is 6.57. The van der Waals surface area contributed by atoms with Crippen LogP contribution in [0.4, 0.5) is 4.79 Å². The molecule has 0 bridgehead atoms. The maximum Gasteiger partial charge on any atom is 0.408 e. The summed E-state index contributed by atoms with van der Waals surface area (Å²) in [7, 11) is 0. The molecule has 1 saturated carbocycles. The minimum Gasteiger partial charge on any atom is -0.465 e. The highest BCUT2D eigenvalue weighted by molar-refractivity contribution is 5.97. The molecule has 2 fully saturated rings. The van der Waals surface area contributed by atoms with Crippen LogP contribution in [0.2, 0.25) is 0 Å². The average Bonchev–Trinajstić information content (AvgIpc) is 3.11. The van der Waals surface area contributed by atoms with Crippen LogP contribution in [0.5, 0.6) is 0 Å². The number of ether oxygens (including phenoxy) is 1. The number of nitrogens with zero attached hydrogens (tertiary/aromatic N) is 1. The van der Waals surface area contributed by atoms with E-state index in [-0.39, 0.29) is 25.5 Å².